The minimum atomic E-state index is -2.87. The van der Waals surface area contributed by atoms with Gasteiger partial charge in [0.2, 0.25) is 5.91 Å². The number of carbonyl (C=O) groups excluding carboxylic acids is 1. The fourth-order valence-electron chi connectivity index (χ4n) is 3.17. The summed E-state index contributed by atoms with van der Waals surface area (Å²) in [4.78, 5) is 16.3. The third-order valence-electron chi connectivity index (χ3n) is 4.61. The van der Waals surface area contributed by atoms with Gasteiger partial charge in [0.25, 0.3) is 0 Å². The van der Waals surface area contributed by atoms with Crippen LogP contribution < -0.4 is 5.32 Å². The number of rotatable bonds is 8. The highest BCUT2D eigenvalue weighted by atomic mass is 32.2. The molecule has 7 nitrogen and oxygen atoms in total. The van der Waals surface area contributed by atoms with Crippen molar-refractivity contribution < 1.29 is 17.9 Å². The van der Waals surface area contributed by atoms with Gasteiger partial charge in [-0.05, 0) is 13.0 Å². The highest BCUT2D eigenvalue weighted by Crippen LogP contribution is 2.17. The molecule has 0 aromatic carbocycles. The molecule has 0 aliphatic carbocycles. The SMILES string of the molecule is CCN(CCC(=O)NCCN1CCOCC1)C1CCS(=O)(=O)C1. The molecule has 23 heavy (non-hydrogen) atoms. The Morgan fingerprint density at radius 1 is 1.35 bits per heavy atom. The Balaban J connectivity index is 1.62. The molecule has 1 unspecified atom stereocenters. The summed E-state index contributed by atoms with van der Waals surface area (Å²) in [5.74, 6) is 0.553. The van der Waals surface area contributed by atoms with E-state index in [9.17, 15) is 13.2 Å². The van der Waals surface area contributed by atoms with E-state index in [1.807, 2.05) is 6.92 Å². The van der Waals surface area contributed by atoms with Gasteiger partial charge in [-0.15, -0.1) is 0 Å². The molecule has 0 saturated carbocycles. The molecule has 2 rings (SSSR count). The van der Waals surface area contributed by atoms with Crippen LogP contribution in [0.15, 0.2) is 0 Å². The molecule has 0 aromatic rings. The topological polar surface area (TPSA) is 79.0 Å². The molecule has 2 fully saturated rings. The van der Waals surface area contributed by atoms with Crippen LogP contribution in [0, 0.1) is 0 Å². The van der Waals surface area contributed by atoms with Crippen LogP contribution in [-0.2, 0) is 19.4 Å². The number of hydrogen-bond acceptors (Lipinski definition) is 6. The van der Waals surface area contributed by atoms with Gasteiger partial charge in [-0.1, -0.05) is 6.92 Å². The van der Waals surface area contributed by atoms with Gasteiger partial charge in [0.05, 0.1) is 24.7 Å². The highest BCUT2D eigenvalue weighted by Gasteiger charge is 2.31. The molecular formula is C15H29N3O4S. The number of carbonyl (C=O) groups is 1. The number of nitrogens with one attached hydrogen (secondary N) is 1. The van der Waals surface area contributed by atoms with Gasteiger partial charge in [-0.25, -0.2) is 8.42 Å². The Bertz CT molecular complexity index is 477. The quantitative estimate of drug-likeness (QED) is 0.628. The maximum atomic E-state index is 11.9. The van der Waals surface area contributed by atoms with E-state index in [4.69, 9.17) is 4.74 Å². The summed E-state index contributed by atoms with van der Waals surface area (Å²) in [7, 11) is -2.87. The average Bonchev–Trinajstić information content (AvgIpc) is 2.89. The van der Waals surface area contributed by atoms with Crippen molar-refractivity contribution in [2.45, 2.75) is 25.8 Å². The Hall–Kier alpha value is -0.700. The van der Waals surface area contributed by atoms with Crippen molar-refractivity contribution in [3.63, 3.8) is 0 Å². The normalized spacial score (nSPS) is 24.9. The molecule has 0 bridgehead atoms. The van der Waals surface area contributed by atoms with Gasteiger partial charge in [0.1, 0.15) is 0 Å². The van der Waals surface area contributed by atoms with Crippen LogP contribution in [-0.4, -0.2) is 94.2 Å². The fraction of sp³-hybridized carbons (Fsp3) is 0.933. The number of hydrogen-bond donors (Lipinski definition) is 1. The van der Waals surface area contributed by atoms with Crippen molar-refractivity contribution in [1.29, 1.82) is 0 Å². The lowest BCUT2D eigenvalue weighted by Gasteiger charge is -2.27. The van der Waals surface area contributed by atoms with Crippen LogP contribution in [0.4, 0.5) is 0 Å². The highest BCUT2D eigenvalue weighted by molar-refractivity contribution is 7.91. The van der Waals surface area contributed by atoms with Crippen LogP contribution in [0.3, 0.4) is 0 Å². The Labute approximate surface area is 139 Å². The summed E-state index contributed by atoms with van der Waals surface area (Å²) in [6.07, 6.45) is 1.11. The van der Waals surface area contributed by atoms with Gasteiger partial charge in [0.15, 0.2) is 9.84 Å². The fourth-order valence-corrected chi connectivity index (χ4v) is 4.94. The number of sulfone groups is 1. The van der Waals surface area contributed by atoms with Gasteiger partial charge in [-0.3, -0.25) is 14.6 Å². The van der Waals surface area contributed by atoms with Crippen molar-refractivity contribution in [3.05, 3.63) is 0 Å². The smallest absolute Gasteiger partial charge is 0.221 e. The van der Waals surface area contributed by atoms with E-state index >= 15 is 0 Å². The summed E-state index contributed by atoms with van der Waals surface area (Å²) in [6, 6.07) is 0.0751. The summed E-state index contributed by atoms with van der Waals surface area (Å²) >= 11 is 0. The lowest BCUT2D eigenvalue weighted by molar-refractivity contribution is -0.121. The molecule has 2 aliphatic rings. The van der Waals surface area contributed by atoms with E-state index < -0.39 is 9.84 Å². The summed E-state index contributed by atoms with van der Waals surface area (Å²) in [6.45, 7) is 8.32. The van der Waals surface area contributed by atoms with Gasteiger partial charge in [0, 0.05) is 45.2 Å². The number of amides is 1. The summed E-state index contributed by atoms with van der Waals surface area (Å²) in [5.41, 5.74) is 0. The summed E-state index contributed by atoms with van der Waals surface area (Å²) in [5, 5.41) is 2.95. The van der Waals surface area contributed by atoms with Gasteiger partial charge >= 0.3 is 0 Å². The molecule has 1 N–H and O–H groups in total. The van der Waals surface area contributed by atoms with Crippen LogP contribution in [0.25, 0.3) is 0 Å². The molecule has 1 atom stereocenters. The first-order valence-corrected chi connectivity index (χ1v) is 10.3. The van der Waals surface area contributed by atoms with E-state index in [1.165, 1.54) is 0 Å². The molecular weight excluding hydrogens is 318 g/mol. The third-order valence-corrected chi connectivity index (χ3v) is 6.36. The molecule has 0 radical (unpaired) electrons. The van der Waals surface area contributed by atoms with Crippen molar-refractivity contribution >= 4 is 15.7 Å². The lowest BCUT2D eigenvalue weighted by Crippen LogP contribution is -2.42. The Kier molecular flexibility index (Phi) is 7.26. The third kappa shape index (κ3) is 6.37. The number of nitrogens with zero attached hydrogens (tertiary/aromatic N) is 2. The predicted octanol–water partition coefficient (Wildman–Crippen LogP) is -0.666. The first kappa shape index (κ1) is 18.6. The Morgan fingerprint density at radius 2 is 2.09 bits per heavy atom. The zero-order valence-corrected chi connectivity index (χ0v) is 14.8. The first-order chi connectivity index (χ1) is 11.0. The second-order valence-corrected chi connectivity index (χ2v) is 8.47. The Morgan fingerprint density at radius 3 is 2.70 bits per heavy atom. The second-order valence-electron chi connectivity index (χ2n) is 6.24. The van der Waals surface area contributed by atoms with Crippen LogP contribution in [0.5, 0.6) is 0 Å². The lowest BCUT2D eigenvalue weighted by atomic mass is 10.2. The van der Waals surface area contributed by atoms with Crippen LogP contribution in [0.2, 0.25) is 0 Å². The predicted molar refractivity (Wildman–Crippen MR) is 89.2 cm³/mol. The zero-order chi connectivity index (χ0) is 16.7. The van der Waals surface area contributed by atoms with Gasteiger partial charge in [-0.2, -0.15) is 0 Å². The molecule has 2 heterocycles. The molecule has 0 spiro atoms. The average molecular weight is 347 g/mol. The van der Waals surface area contributed by atoms with E-state index in [0.717, 1.165) is 39.4 Å². The molecule has 134 valence electrons. The largest absolute Gasteiger partial charge is 0.379 e. The minimum Gasteiger partial charge on any atom is -0.379 e. The monoisotopic (exact) mass is 347 g/mol. The number of ether oxygens (including phenoxy) is 1. The maximum Gasteiger partial charge on any atom is 0.221 e. The second kappa shape index (κ2) is 8.96. The minimum absolute atomic E-state index is 0.0394. The van der Waals surface area contributed by atoms with Crippen molar-refractivity contribution in [2.75, 3.05) is 64.0 Å². The van der Waals surface area contributed by atoms with Crippen molar-refractivity contribution in [3.8, 4) is 0 Å². The molecule has 8 heteroatoms. The van der Waals surface area contributed by atoms with E-state index in [-0.39, 0.29) is 23.5 Å². The molecule has 1 amide bonds. The molecule has 2 aliphatic heterocycles. The standard InChI is InChI=1S/C15H29N3O4S/c1-2-18(14-4-12-23(20,21)13-14)6-3-15(19)16-5-7-17-8-10-22-11-9-17/h14H,2-13H2,1H3,(H,16,19). The number of morpholine rings is 1. The van der Waals surface area contributed by atoms with E-state index in [2.05, 4.69) is 15.1 Å². The van der Waals surface area contributed by atoms with E-state index in [0.29, 0.717) is 25.9 Å². The maximum absolute atomic E-state index is 11.9. The first-order valence-electron chi connectivity index (χ1n) is 8.51. The molecule has 2 saturated heterocycles. The van der Waals surface area contributed by atoms with Crippen LogP contribution in [0.1, 0.15) is 19.8 Å². The zero-order valence-electron chi connectivity index (χ0n) is 14.0. The molecule has 0 aromatic heterocycles. The van der Waals surface area contributed by atoms with E-state index in [1.54, 1.807) is 0 Å². The van der Waals surface area contributed by atoms with Crippen molar-refractivity contribution in [1.82, 2.24) is 15.1 Å². The van der Waals surface area contributed by atoms with Crippen molar-refractivity contribution in [2.24, 2.45) is 0 Å². The van der Waals surface area contributed by atoms with Crippen LogP contribution >= 0.6 is 0 Å². The summed E-state index contributed by atoms with van der Waals surface area (Å²) < 4.78 is 28.4. The van der Waals surface area contributed by atoms with Gasteiger partial charge < -0.3 is 10.1 Å².